The average Bonchev–Trinajstić information content (AvgIpc) is 2.44. The Morgan fingerprint density at radius 2 is 1.68 bits per heavy atom. The van der Waals surface area contributed by atoms with E-state index >= 15 is 0 Å². The van der Waals surface area contributed by atoms with Crippen LogP contribution in [-0.4, -0.2) is 4.98 Å². The van der Waals surface area contributed by atoms with Gasteiger partial charge in [-0.15, -0.1) is 0 Å². The summed E-state index contributed by atoms with van der Waals surface area (Å²) in [5, 5.41) is 2.06. The van der Waals surface area contributed by atoms with Gasteiger partial charge in [-0.1, -0.05) is 23.2 Å². The lowest BCUT2D eigenvalue weighted by Gasteiger charge is -2.11. The summed E-state index contributed by atoms with van der Waals surface area (Å²) >= 11 is 12.1. The fourth-order valence-electron chi connectivity index (χ4n) is 2.38. The third-order valence-electron chi connectivity index (χ3n) is 3.40. The molecule has 1 aromatic heterocycles. The van der Waals surface area contributed by atoms with Gasteiger partial charge < -0.3 is 9.72 Å². The van der Waals surface area contributed by atoms with Gasteiger partial charge >= 0.3 is 0 Å². The molecule has 5 heteroatoms. The van der Waals surface area contributed by atoms with Gasteiger partial charge in [-0.25, -0.2) is 0 Å². The van der Waals surface area contributed by atoms with Crippen molar-refractivity contribution in [2.45, 2.75) is 13.8 Å². The van der Waals surface area contributed by atoms with E-state index in [1.165, 1.54) is 6.07 Å². The lowest BCUT2D eigenvalue weighted by atomic mass is 10.1. The molecule has 0 atom stereocenters. The van der Waals surface area contributed by atoms with Crippen LogP contribution in [0.3, 0.4) is 0 Å². The summed E-state index contributed by atoms with van der Waals surface area (Å²) in [5.41, 5.74) is 2.24. The number of H-pyrrole nitrogens is 1. The number of nitrogens with one attached hydrogen (secondary N) is 1. The van der Waals surface area contributed by atoms with Crippen molar-refractivity contribution in [3.05, 3.63) is 67.9 Å². The fourth-order valence-corrected chi connectivity index (χ4v) is 2.66. The highest BCUT2D eigenvalue weighted by molar-refractivity contribution is 6.32. The van der Waals surface area contributed by atoms with Gasteiger partial charge in [0.15, 0.2) is 0 Å². The van der Waals surface area contributed by atoms with E-state index in [0.29, 0.717) is 22.0 Å². The minimum Gasteiger partial charge on any atom is -0.456 e. The van der Waals surface area contributed by atoms with Crippen molar-refractivity contribution in [3.8, 4) is 11.5 Å². The fraction of sp³-hybridized carbons (Fsp3) is 0.118. The van der Waals surface area contributed by atoms with Crippen molar-refractivity contribution < 1.29 is 4.74 Å². The van der Waals surface area contributed by atoms with Gasteiger partial charge in [0.1, 0.15) is 11.5 Å². The Morgan fingerprint density at radius 1 is 1.00 bits per heavy atom. The molecular weight excluding hydrogens is 321 g/mol. The highest BCUT2D eigenvalue weighted by atomic mass is 35.5. The van der Waals surface area contributed by atoms with Crippen LogP contribution in [0.2, 0.25) is 10.0 Å². The monoisotopic (exact) mass is 333 g/mol. The number of aromatic amines is 1. The zero-order valence-electron chi connectivity index (χ0n) is 12.0. The van der Waals surface area contributed by atoms with Gasteiger partial charge in [-0.05, 0) is 55.3 Å². The summed E-state index contributed by atoms with van der Waals surface area (Å²) in [6, 6.07) is 10.4. The molecule has 0 aliphatic heterocycles. The van der Waals surface area contributed by atoms with Crippen molar-refractivity contribution >= 4 is 34.1 Å². The van der Waals surface area contributed by atoms with E-state index in [-0.39, 0.29) is 5.56 Å². The highest BCUT2D eigenvalue weighted by Gasteiger charge is 2.09. The number of benzene rings is 2. The van der Waals surface area contributed by atoms with Gasteiger partial charge in [-0.3, -0.25) is 4.79 Å². The number of aromatic nitrogens is 1. The first-order valence-electron chi connectivity index (χ1n) is 6.71. The number of hydrogen-bond donors (Lipinski definition) is 1. The zero-order valence-corrected chi connectivity index (χ0v) is 13.5. The molecule has 1 heterocycles. The summed E-state index contributed by atoms with van der Waals surface area (Å²) in [4.78, 5) is 14.5. The van der Waals surface area contributed by atoms with Crippen LogP contribution in [0, 0.1) is 13.8 Å². The number of rotatable bonds is 2. The topological polar surface area (TPSA) is 42.1 Å². The third kappa shape index (κ3) is 2.82. The molecule has 0 spiro atoms. The number of halogens is 2. The van der Waals surface area contributed by atoms with Crippen LogP contribution in [0.15, 0.2) is 41.2 Å². The van der Waals surface area contributed by atoms with E-state index < -0.39 is 0 Å². The molecule has 0 aliphatic rings. The Balaban J connectivity index is 2.13. The van der Waals surface area contributed by atoms with Gasteiger partial charge in [0.05, 0.1) is 5.52 Å². The standard InChI is InChI=1S/C17H13Cl2NO2/c1-9-5-12(6-10(2)17(9)19)22-15-8-16(21)20-14-7-11(18)3-4-13(14)15/h3-8H,1-2H3,(H,20,21). The third-order valence-corrected chi connectivity index (χ3v) is 4.24. The lowest BCUT2D eigenvalue weighted by molar-refractivity contribution is 0.486. The molecule has 0 aliphatic carbocycles. The van der Waals surface area contributed by atoms with Gasteiger partial charge in [0, 0.05) is 21.5 Å². The Morgan fingerprint density at radius 3 is 2.36 bits per heavy atom. The van der Waals surface area contributed by atoms with Crippen LogP contribution in [0.25, 0.3) is 10.9 Å². The molecule has 0 saturated heterocycles. The van der Waals surface area contributed by atoms with E-state index in [1.54, 1.807) is 12.1 Å². The summed E-state index contributed by atoms with van der Waals surface area (Å²) in [6.07, 6.45) is 0. The van der Waals surface area contributed by atoms with E-state index in [2.05, 4.69) is 4.98 Å². The molecule has 1 N–H and O–H groups in total. The predicted molar refractivity (Wildman–Crippen MR) is 90.6 cm³/mol. The summed E-state index contributed by atoms with van der Waals surface area (Å²) in [7, 11) is 0. The normalized spacial score (nSPS) is 10.9. The smallest absolute Gasteiger partial charge is 0.252 e. The molecular formula is C17H13Cl2NO2. The summed E-state index contributed by atoms with van der Waals surface area (Å²) in [6.45, 7) is 3.83. The molecule has 0 amide bonds. The molecule has 22 heavy (non-hydrogen) atoms. The second-order valence-electron chi connectivity index (χ2n) is 5.16. The molecule has 0 fully saturated rings. The number of ether oxygens (including phenoxy) is 1. The molecule has 3 rings (SSSR count). The Hall–Kier alpha value is -1.97. The largest absolute Gasteiger partial charge is 0.456 e. The maximum Gasteiger partial charge on any atom is 0.252 e. The van der Waals surface area contributed by atoms with Gasteiger partial charge in [0.25, 0.3) is 5.56 Å². The van der Waals surface area contributed by atoms with E-state index in [9.17, 15) is 4.79 Å². The van der Waals surface area contributed by atoms with E-state index in [0.717, 1.165) is 21.5 Å². The molecule has 2 aromatic carbocycles. The number of pyridine rings is 1. The summed E-state index contributed by atoms with van der Waals surface area (Å²) < 4.78 is 5.91. The van der Waals surface area contributed by atoms with Crippen LogP contribution in [0.1, 0.15) is 11.1 Å². The average molecular weight is 334 g/mol. The molecule has 0 radical (unpaired) electrons. The maximum absolute atomic E-state index is 11.8. The first-order valence-corrected chi connectivity index (χ1v) is 7.47. The molecule has 3 aromatic rings. The van der Waals surface area contributed by atoms with Crippen LogP contribution in [0.4, 0.5) is 0 Å². The maximum atomic E-state index is 11.8. The van der Waals surface area contributed by atoms with Crippen LogP contribution < -0.4 is 10.3 Å². The minimum absolute atomic E-state index is 0.243. The minimum atomic E-state index is -0.243. The lowest BCUT2D eigenvalue weighted by Crippen LogP contribution is -2.05. The molecule has 112 valence electrons. The first kappa shape index (κ1) is 14.9. The highest BCUT2D eigenvalue weighted by Crippen LogP contribution is 2.32. The van der Waals surface area contributed by atoms with Crippen molar-refractivity contribution in [2.24, 2.45) is 0 Å². The van der Waals surface area contributed by atoms with Crippen molar-refractivity contribution in [1.82, 2.24) is 4.98 Å². The first-order chi connectivity index (χ1) is 10.4. The number of aryl methyl sites for hydroxylation is 2. The van der Waals surface area contributed by atoms with Crippen LogP contribution >= 0.6 is 23.2 Å². The molecule has 0 saturated carbocycles. The van der Waals surface area contributed by atoms with Crippen molar-refractivity contribution in [1.29, 1.82) is 0 Å². The quantitative estimate of drug-likeness (QED) is 0.696. The Bertz CT molecular complexity index is 909. The predicted octanol–water partition coefficient (Wildman–Crippen LogP) is 5.24. The van der Waals surface area contributed by atoms with Crippen molar-refractivity contribution in [3.63, 3.8) is 0 Å². The van der Waals surface area contributed by atoms with E-state index in [4.69, 9.17) is 27.9 Å². The number of hydrogen-bond acceptors (Lipinski definition) is 2. The van der Waals surface area contributed by atoms with Gasteiger partial charge in [-0.2, -0.15) is 0 Å². The second kappa shape index (κ2) is 5.67. The zero-order chi connectivity index (χ0) is 15.9. The van der Waals surface area contributed by atoms with Crippen molar-refractivity contribution in [2.75, 3.05) is 0 Å². The molecule has 0 bridgehead atoms. The number of fused-ring (bicyclic) bond motifs is 1. The SMILES string of the molecule is Cc1cc(Oc2cc(=O)[nH]c3cc(Cl)ccc23)cc(C)c1Cl. The Kier molecular flexibility index (Phi) is 3.85. The second-order valence-corrected chi connectivity index (χ2v) is 5.98. The molecule has 3 nitrogen and oxygen atoms in total. The van der Waals surface area contributed by atoms with Crippen LogP contribution in [-0.2, 0) is 0 Å². The van der Waals surface area contributed by atoms with Gasteiger partial charge in [0.2, 0.25) is 0 Å². The molecule has 0 unspecified atom stereocenters. The summed E-state index contributed by atoms with van der Waals surface area (Å²) in [5.74, 6) is 1.12. The van der Waals surface area contributed by atoms with Crippen LogP contribution in [0.5, 0.6) is 11.5 Å². The van der Waals surface area contributed by atoms with E-state index in [1.807, 2.05) is 32.0 Å². The Labute approximate surface area is 137 Å².